The number of aliphatic carboxylic acids is 1. The summed E-state index contributed by atoms with van der Waals surface area (Å²) in [6.45, 7) is 6.30. The molecule has 0 spiro atoms. The predicted octanol–water partition coefficient (Wildman–Crippen LogP) is 2.80. The summed E-state index contributed by atoms with van der Waals surface area (Å²) < 4.78 is 0. The van der Waals surface area contributed by atoms with Crippen molar-refractivity contribution in [1.82, 2.24) is 5.32 Å². The Labute approximate surface area is 93.3 Å². The minimum absolute atomic E-state index is 0.308. The van der Waals surface area contributed by atoms with E-state index in [-0.39, 0.29) is 6.04 Å². The molecule has 1 unspecified atom stereocenters. The van der Waals surface area contributed by atoms with Crippen LogP contribution >= 0.6 is 0 Å². The fourth-order valence-electron chi connectivity index (χ4n) is 1.62. The molecule has 0 aromatic carbocycles. The van der Waals surface area contributed by atoms with E-state index in [0.29, 0.717) is 6.04 Å². The molecule has 0 aromatic heterocycles. The highest BCUT2D eigenvalue weighted by Crippen LogP contribution is 2.05. The molecule has 0 fully saturated rings. The van der Waals surface area contributed by atoms with Gasteiger partial charge in [0.25, 0.3) is 0 Å². The highest BCUT2D eigenvalue weighted by Gasteiger charge is 2.18. The van der Waals surface area contributed by atoms with Crippen LogP contribution in [0.2, 0.25) is 0 Å². The van der Waals surface area contributed by atoms with Gasteiger partial charge in [0, 0.05) is 6.04 Å². The lowest BCUT2D eigenvalue weighted by Gasteiger charge is -2.19. The van der Waals surface area contributed by atoms with Crippen molar-refractivity contribution in [2.45, 2.75) is 71.4 Å². The molecule has 0 aromatic rings. The number of hydrogen-bond acceptors (Lipinski definition) is 2. The Bertz CT molecular complexity index is 171. The molecule has 0 aliphatic rings. The average molecular weight is 215 g/mol. The summed E-state index contributed by atoms with van der Waals surface area (Å²) in [5.41, 5.74) is 0. The molecule has 0 bridgehead atoms. The molecule has 3 nitrogen and oxygen atoms in total. The zero-order valence-electron chi connectivity index (χ0n) is 10.3. The molecule has 15 heavy (non-hydrogen) atoms. The molecule has 0 rings (SSSR count). The first-order chi connectivity index (χ1) is 7.11. The molecule has 0 amide bonds. The zero-order chi connectivity index (χ0) is 11.7. The van der Waals surface area contributed by atoms with Crippen molar-refractivity contribution in [3.05, 3.63) is 0 Å². The van der Waals surface area contributed by atoms with E-state index >= 15 is 0 Å². The molecule has 2 N–H and O–H groups in total. The third-order valence-electron chi connectivity index (χ3n) is 2.62. The van der Waals surface area contributed by atoms with Crippen LogP contribution in [0.15, 0.2) is 0 Å². The van der Waals surface area contributed by atoms with Gasteiger partial charge >= 0.3 is 5.97 Å². The van der Waals surface area contributed by atoms with Crippen LogP contribution in [0.25, 0.3) is 0 Å². The topological polar surface area (TPSA) is 49.3 Å². The molecule has 2 atom stereocenters. The Morgan fingerprint density at radius 3 is 2.20 bits per heavy atom. The number of rotatable bonds is 9. The van der Waals surface area contributed by atoms with Crippen molar-refractivity contribution in [3.63, 3.8) is 0 Å². The van der Waals surface area contributed by atoms with Gasteiger partial charge in [-0.25, -0.2) is 0 Å². The fraction of sp³-hybridized carbons (Fsp3) is 0.917. The van der Waals surface area contributed by atoms with Crippen LogP contribution in [0.1, 0.15) is 59.3 Å². The summed E-state index contributed by atoms with van der Waals surface area (Å²) in [6, 6.07) is -0.0558. The van der Waals surface area contributed by atoms with Gasteiger partial charge in [-0.1, -0.05) is 39.5 Å². The van der Waals surface area contributed by atoms with E-state index in [9.17, 15) is 4.79 Å². The highest BCUT2D eigenvalue weighted by atomic mass is 16.4. The summed E-state index contributed by atoms with van der Waals surface area (Å²) in [5.74, 6) is -0.716. The maximum absolute atomic E-state index is 11.0. The molecular formula is C12H25NO2. The lowest BCUT2D eigenvalue weighted by Crippen LogP contribution is -2.42. The lowest BCUT2D eigenvalue weighted by molar-refractivity contribution is -0.139. The van der Waals surface area contributed by atoms with Crippen LogP contribution < -0.4 is 5.32 Å². The summed E-state index contributed by atoms with van der Waals surface area (Å²) in [6.07, 6.45) is 6.15. The molecule has 3 heteroatoms. The summed E-state index contributed by atoms with van der Waals surface area (Å²) in [7, 11) is 0. The number of unbranched alkanes of at least 4 members (excludes halogenated alkanes) is 2. The highest BCUT2D eigenvalue weighted by molar-refractivity contribution is 5.73. The normalized spacial score (nSPS) is 14.9. The van der Waals surface area contributed by atoms with Crippen molar-refractivity contribution in [1.29, 1.82) is 0 Å². The van der Waals surface area contributed by atoms with E-state index in [1.165, 1.54) is 6.42 Å². The third kappa shape index (κ3) is 7.37. The number of carboxylic acid groups (broad SMARTS) is 1. The maximum atomic E-state index is 11.0. The standard InChI is InChI=1S/C12H25NO2/c1-4-6-8-10(3)13-11(12(14)15)9-7-5-2/h10-11,13H,4-9H2,1-3H3,(H,14,15)/t10?,11-/m0/s1. The largest absolute Gasteiger partial charge is 0.480 e. The van der Waals surface area contributed by atoms with E-state index in [1.807, 2.05) is 0 Å². The molecule has 90 valence electrons. The van der Waals surface area contributed by atoms with Crippen LogP contribution in [0.5, 0.6) is 0 Å². The van der Waals surface area contributed by atoms with Crippen molar-refractivity contribution < 1.29 is 9.90 Å². The predicted molar refractivity (Wildman–Crippen MR) is 63.1 cm³/mol. The Balaban J connectivity index is 3.87. The van der Waals surface area contributed by atoms with Crippen LogP contribution in [0, 0.1) is 0 Å². The van der Waals surface area contributed by atoms with E-state index in [1.54, 1.807) is 0 Å². The molecule has 0 radical (unpaired) electrons. The van der Waals surface area contributed by atoms with Crippen molar-refractivity contribution in [2.24, 2.45) is 0 Å². The van der Waals surface area contributed by atoms with Gasteiger partial charge in [-0.3, -0.25) is 4.79 Å². The lowest BCUT2D eigenvalue weighted by atomic mass is 10.1. The number of hydrogen-bond donors (Lipinski definition) is 2. The number of nitrogens with one attached hydrogen (secondary N) is 1. The van der Waals surface area contributed by atoms with Crippen molar-refractivity contribution in [3.8, 4) is 0 Å². The molecular weight excluding hydrogens is 190 g/mol. The first kappa shape index (κ1) is 14.4. The van der Waals surface area contributed by atoms with Gasteiger partial charge in [0.1, 0.15) is 6.04 Å². The third-order valence-corrected chi connectivity index (χ3v) is 2.62. The molecule has 0 aliphatic heterocycles. The quantitative estimate of drug-likeness (QED) is 0.622. The molecule has 0 aliphatic carbocycles. The smallest absolute Gasteiger partial charge is 0.320 e. The summed E-state index contributed by atoms with van der Waals surface area (Å²) in [4.78, 5) is 11.0. The zero-order valence-corrected chi connectivity index (χ0v) is 10.3. The van der Waals surface area contributed by atoms with E-state index in [4.69, 9.17) is 5.11 Å². The van der Waals surface area contributed by atoms with Gasteiger partial charge in [-0.05, 0) is 19.8 Å². The van der Waals surface area contributed by atoms with Crippen molar-refractivity contribution in [2.75, 3.05) is 0 Å². The van der Waals surface area contributed by atoms with Gasteiger partial charge in [0.2, 0.25) is 0 Å². The van der Waals surface area contributed by atoms with Crippen molar-refractivity contribution >= 4 is 5.97 Å². The van der Waals surface area contributed by atoms with Crippen LogP contribution in [0.3, 0.4) is 0 Å². The van der Waals surface area contributed by atoms with Gasteiger partial charge in [0.15, 0.2) is 0 Å². The second kappa shape index (κ2) is 8.72. The van der Waals surface area contributed by atoms with E-state index in [2.05, 4.69) is 26.1 Å². The SMILES string of the molecule is CCCCC(C)N[C@@H](CCCC)C(=O)O. The summed E-state index contributed by atoms with van der Waals surface area (Å²) >= 11 is 0. The second-order valence-electron chi connectivity index (χ2n) is 4.24. The van der Waals surface area contributed by atoms with Crippen LogP contribution in [0.4, 0.5) is 0 Å². The van der Waals surface area contributed by atoms with Gasteiger partial charge in [-0.15, -0.1) is 0 Å². The van der Waals surface area contributed by atoms with Gasteiger partial charge in [0.05, 0.1) is 0 Å². The number of carboxylic acids is 1. The van der Waals surface area contributed by atoms with Gasteiger partial charge in [-0.2, -0.15) is 0 Å². The fourth-order valence-corrected chi connectivity index (χ4v) is 1.62. The van der Waals surface area contributed by atoms with Gasteiger partial charge < -0.3 is 10.4 Å². The minimum atomic E-state index is -0.716. The van der Waals surface area contributed by atoms with E-state index < -0.39 is 5.97 Å². The maximum Gasteiger partial charge on any atom is 0.320 e. The van der Waals surface area contributed by atoms with Crippen LogP contribution in [-0.2, 0) is 4.79 Å². The Morgan fingerprint density at radius 2 is 1.73 bits per heavy atom. The second-order valence-corrected chi connectivity index (χ2v) is 4.24. The molecule has 0 saturated carbocycles. The first-order valence-electron chi connectivity index (χ1n) is 6.10. The Kier molecular flexibility index (Phi) is 8.38. The number of carbonyl (C=O) groups is 1. The molecule has 0 heterocycles. The van der Waals surface area contributed by atoms with E-state index in [0.717, 1.165) is 32.1 Å². The molecule has 0 saturated heterocycles. The first-order valence-corrected chi connectivity index (χ1v) is 6.10. The monoisotopic (exact) mass is 215 g/mol. The summed E-state index contributed by atoms with van der Waals surface area (Å²) in [5, 5.41) is 12.2. The minimum Gasteiger partial charge on any atom is -0.480 e. The average Bonchev–Trinajstić information content (AvgIpc) is 2.20. The Morgan fingerprint density at radius 1 is 1.20 bits per heavy atom. The van der Waals surface area contributed by atoms with Crippen LogP contribution in [-0.4, -0.2) is 23.2 Å². The Hall–Kier alpha value is -0.570.